The normalized spacial score (nSPS) is 26.3. The SMILES string of the molecule is C[C@H](CNC(=O)C[C@H]1C=CCC1)N1CCCC1. The lowest BCUT2D eigenvalue weighted by atomic mass is 10.1. The number of carbonyl (C=O) groups is 1. The molecule has 1 fully saturated rings. The smallest absolute Gasteiger partial charge is 0.220 e. The van der Waals surface area contributed by atoms with E-state index in [-0.39, 0.29) is 5.91 Å². The minimum absolute atomic E-state index is 0.215. The molecule has 96 valence electrons. The first-order valence-corrected chi connectivity index (χ1v) is 6.93. The number of hydrogen-bond donors (Lipinski definition) is 1. The van der Waals surface area contributed by atoms with Crippen molar-refractivity contribution in [3.63, 3.8) is 0 Å². The van der Waals surface area contributed by atoms with E-state index in [4.69, 9.17) is 0 Å². The third-order valence-electron chi connectivity index (χ3n) is 3.92. The van der Waals surface area contributed by atoms with Crippen molar-refractivity contribution in [1.82, 2.24) is 10.2 Å². The first-order chi connectivity index (χ1) is 8.25. The zero-order chi connectivity index (χ0) is 12.1. The van der Waals surface area contributed by atoms with Crippen LogP contribution < -0.4 is 5.32 Å². The summed E-state index contributed by atoms with van der Waals surface area (Å²) in [6.07, 6.45) is 9.95. The number of rotatable bonds is 5. The molecule has 3 nitrogen and oxygen atoms in total. The van der Waals surface area contributed by atoms with Crippen LogP contribution in [0.2, 0.25) is 0 Å². The number of likely N-dealkylation sites (tertiary alicyclic amines) is 1. The van der Waals surface area contributed by atoms with Crippen LogP contribution in [-0.2, 0) is 4.79 Å². The van der Waals surface area contributed by atoms with Gasteiger partial charge < -0.3 is 5.32 Å². The van der Waals surface area contributed by atoms with Gasteiger partial charge in [0.1, 0.15) is 0 Å². The monoisotopic (exact) mass is 236 g/mol. The number of allylic oxidation sites excluding steroid dienone is 2. The van der Waals surface area contributed by atoms with Gasteiger partial charge >= 0.3 is 0 Å². The van der Waals surface area contributed by atoms with Gasteiger partial charge in [0.15, 0.2) is 0 Å². The second kappa shape index (κ2) is 6.20. The van der Waals surface area contributed by atoms with Crippen LogP contribution in [0.1, 0.15) is 39.0 Å². The molecule has 2 atom stereocenters. The Balaban J connectivity index is 1.63. The quantitative estimate of drug-likeness (QED) is 0.740. The molecule has 1 heterocycles. The van der Waals surface area contributed by atoms with Gasteiger partial charge in [-0.25, -0.2) is 0 Å². The third kappa shape index (κ3) is 3.84. The fraction of sp³-hybridized carbons (Fsp3) is 0.786. The molecular formula is C14H24N2O. The van der Waals surface area contributed by atoms with Crippen molar-refractivity contribution < 1.29 is 4.79 Å². The Morgan fingerprint density at radius 3 is 2.88 bits per heavy atom. The molecular weight excluding hydrogens is 212 g/mol. The van der Waals surface area contributed by atoms with Gasteiger partial charge in [-0.15, -0.1) is 0 Å². The molecule has 0 radical (unpaired) electrons. The number of nitrogens with one attached hydrogen (secondary N) is 1. The predicted molar refractivity (Wildman–Crippen MR) is 69.8 cm³/mol. The van der Waals surface area contributed by atoms with E-state index in [0.717, 1.165) is 19.4 Å². The highest BCUT2D eigenvalue weighted by molar-refractivity contribution is 5.76. The van der Waals surface area contributed by atoms with Gasteiger partial charge in [0, 0.05) is 19.0 Å². The average Bonchev–Trinajstić information content (AvgIpc) is 2.97. The van der Waals surface area contributed by atoms with Crippen LogP contribution in [-0.4, -0.2) is 36.5 Å². The van der Waals surface area contributed by atoms with Crippen molar-refractivity contribution in [3.05, 3.63) is 12.2 Å². The summed E-state index contributed by atoms with van der Waals surface area (Å²) in [7, 11) is 0. The zero-order valence-corrected chi connectivity index (χ0v) is 10.8. The third-order valence-corrected chi connectivity index (χ3v) is 3.92. The summed E-state index contributed by atoms with van der Waals surface area (Å²) in [6.45, 7) is 5.40. The maximum atomic E-state index is 11.8. The standard InChI is InChI=1S/C14H24N2O/c1-12(16-8-4-5-9-16)11-15-14(17)10-13-6-2-3-7-13/h2,6,12-13H,3-5,7-11H2,1H3,(H,15,17)/t12-,13+/m1/s1. The van der Waals surface area contributed by atoms with Crippen LogP contribution in [0.15, 0.2) is 12.2 Å². The topological polar surface area (TPSA) is 32.3 Å². The number of hydrogen-bond acceptors (Lipinski definition) is 2. The van der Waals surface area contributed by atoms with Crippen LogP contribution in [0.25, 0.3) is 0 Å². The number of nitrogens with zero attached hydrogens (tertiary/aromatic N) is 1. The fourth-order valence-electron chi connectivity index (χ4n) is 2.75. The molecule has 1 saturated heterocycles. The first kappa shape index (κ1) is 12.6. The summed E-state index contributed by atoms with van der Waals surface area (Å²) in [5.74, 6) is 0.699. The lowest BCUT2D eigenvalue weighted by Gasteiger charge is -2.24. The molecule has 1 N–H and O–H groups in total. The molecule has 0 aromatic heterocycles. The fourth-order valence-corrected chi connectivity index (χ4v) is 2.75. The summed E-state index contributed by atoms with van der Waals surface area (Å²) in [4.78, 5) is 14.2. The summed E-state index contributed by atoms with van der Waals surface area (Å²) >= 11 is 0. The molecule has 2 rings (SSSR count). The van der Waals surface area contributed by atoms with Crippen molar-refractivity contribution in [2.45, 2.75) is 45.1 Å². The van der Waals surface area contributed by atoms with Gasteiger partial charge in [0.05, 0.1) is 0 Å². The van der Waals surface area contributed by atoms with Crippen molar-refractivity contribution in [2.75, 3.05) is 19.6 Å². The van der Waals surface area contributed by atoms with Gasteiger partial charge in [0.2, 0.25) is 5.91 Å². The Morgan fingerprint density at radius 2 is 2.24 bits per heavy atom. The molecule has 0 aromatic carbocycles. The molecule has 0 bridgehead atoms. The van der Waals surface area contributed by atoms with Gasteiger partial charge in [-0.3, -0.25) is 9.69 Å². The Morgan fingerprint density at radius 1 is 1.47 bits per heavy atom. The highest BCUT2D eigenvalue weighted by Gasteiger charge is 2.19. The molecule has 0 spiro atoms. The largest absolute Gasteiger partial charge is 0.355 e. The highest BCUT2D eigenvalue weighted by Crippen LogP contribution is 2.20. The molecule has 3 heteroatoms. The molecule has 1 amide bonds. The van der Waals surface area contributed by atoms with E-state index in [1.54, 1.807) is 0 Å². The summed E-state index contributed by atoms with van der Waals surface area (Å²) in [6, 6.07) is 0.487. The van der Waals surface area contributed by atoms with Crippen LogP contribution in [0.4, 0.5) is 0 Å². The Hall–Kier alpha value is -0.830. The predicted octanol–water partition coefficient (Wildman–Crippen LogP) is 1.94. The van der Waals surface area contributed by atoms with Crippen molar-refractivity contribution in [2.24, 2.45) is 5.92 Å². The minimum Gasteiger partial charge on any atom is -0.355 e. The van der Waals surface area contributed by atoms with Crippen molar-refractivity contribution in [3.8, 4) is 0 Å². The highest BCUT2D eigenvalue weighted by atomic mass is 16.1. The van der Waals surface area contributed by atoms with Gasteiger partial charge in [-0.2, -0.15) is 0 Å². The van der Waals surface area contributed by atoms with E-state index >= 15 is 0 Å². The van der Waals surface area contributed by atoms with Crippen LogP contribution >= 0.6 is 0 Å². The minimum atomic E-state index is 0.215. The molecule has 17 heavy (non-hydrogen) atoms. The molecule has 0 aromatic rings. The molecule has 0 unspecified atom stereocenters. The maximum Gasteiger partial charge on any atom is 0.220 e. The van der Waals surface area contributed by atoms with E-state index in [1.165, 1.54) is 25.9 Å². The number of carbonyl (C=O) groups excluding carboxylic acids is 1. The molecule has 2 aliphatic rings. The Labute approximate surface area is 104 Å². The second-order valence-electron chi connectivity index (χ2n) is 5.37. The van der Waals surface area contributed by atoms with Crippen molar-refractivity contribution in [1.29, 1.82) is 0 Å². The van der Waals surface area contributed by atoms with E-state index in [0.29, 0.717) is 18.4 Å². The zero-order valence-electron chi connectivity index (χ0n) is 10.8. The van der Waals surface area contributed by atoms with Gasteiger partial charge in [-0.1, -0.05) is 12.2 Å². The molecule has 1 aliphatic heterocycles. The Kier molecular flexibility index (Phi) is 4.60. The van der Waals surface area contributed by atoms with E-state index in [1.807, 2.05) is 0 Å². The van der Waals surface area contributed by atoms with Crippen LogP contribution in [0.5, 0.6) is 0 Å². The summed E-state index contributed by atoms with van der Waals surface area (Å²) in [5, 5.41) is 3.07. The molecule has 0 saturated carbocycles. The first-order valence-electron chi connectivity index (χ1n) is 6.93. The van der Waals surface area contributed by atoms with Gasteiger partial charge in [-0.05, 0) is 51.6 Å². The van der Waals surface area contributed by atoms with Crippen LogP contribution in [0, 0.1) is 5.92 Å². The van der Waals surface area contributed by atoms with E-state index in [9.17, 15) is 4.79 Å². The summed E-state index contributed by atoms with van der Waals surface area (Å²) < 4.78 is 0. The summed E-state index contributed by atoms with van der Waals surface area (Å²) in [5.41, 5.74) is 0. The second-order valence-corrected chi connectivity index (χ2v) is 5.37. The van der Waals surface area contributed by atoms with E-state index < -0.39 is 0 Å². The van der Waals surface area contributed by atoms with Crippen LogP contribution in [0.3, 0.4) is 0 Å². The van der Waals surface area contributed by atoms with E-state index in [2.05, 4.69) is 29.3 Å². The average molecular weight is 236 g/mol. The lowest BCUT2D eigenvalue weighted by molar-refractivity contribution is -0.121. The maximum absolute atomic E-state index is 11.8. The lowest BCUT2D eigenvalue weighted by Crippen LogP contribution is -2.40. The number of amides is 1. The molecule has 1 aliphatic carbocycles. The Bertz CT molecular complexity index is 282. The van der Waals surface area contributed by atoms with Crippen molar-refractivity contribution >= 4 is 5.91 Å². The van der Waals surface area contributed by atoms with Gasteiger partial charge in [0.25, 0.3) is 0 Å².